The third-order valence-electron chi connectivity index (χ3n) is 5.46. The summed E-state index contributed by atoms with van der Waals surface area (Å²) in [5.74, 6) is 1.02. The molecule has 6 nitrogen and oxygen atoms in total. The van der Waals surface area contributed by atoms with Crippen LogP contribution in [0, 0.1) is 6.92 Å². The molecule has 158 valence electrons. The molecule has 0 unspecified atom stereocenters. The van der Waals surface area contributed by atoms with E-state index < -0.39 is 0 Å². The summed E-state index contributed by atoms with van der Waals surface area (Å²) in [6.45, 7) is 2.46. The molecule has 0 atom stereocenters. The van der Waals surface area contributed by atoms with Crippen molar-refractivity contribution in [2.24, 2.45) is 10.7 Å². The molecule has 0 saturated heterocycles. The molecule has 0 radical (unpaired) electrons. The summed E-state index contributed by atoms with van der Waals surface area (Å²) < 4.78 is 0. The van der Waals surface area contributed by atoms with Crippen molar-refractivity contribution in [1.29, 1.82) is 0 Å². The van der Waals surface area contributed by atoms with E-state index in [0.717, 1.165) is 39.3 Å². The highest BCUT2D eigenvalue weighted by molar-refractivity contribution is 6.04. The Labute approximate surface area is 182 Å². The molecule has 2 amide bonds. The molecule has 31 heavy (non-hydrogen) atoms. The Morgan fingerprint density at radius 2 is 1.84 bits per heavy atom. The van der Waals surface area contributed by atoms with Gasteiger partial charge in [-0.2, -0.15) is 0 Å². The number of benzene rings is 2. The molecule has 0 bridgehead atoms. The summed E-state index contributed by atoms with van der Waals surface area (Å²) in [4.78, 5) is 21.2. The number of nitrogens with two attached hydrogens (primary N) is 1. The van der Waals surface area contributed by atoms with E-state index in [1.165, 1.54) is 12.8 Å². The number of hydrogen-bond donors (Lipinski definition) is 3. The highest BCUT2D eigenvalue weighted by Gasteiger charge is 2.27. The minimum Gasteiger partial charge on any atom is -0.383 e. The van der Waals surface area contributed by atoms with Crippen LogP contribution in [0.5, 0.6) is 0 Å². The van der Waals surface area contributed by atoms with Crippen LogP contribution >= 0.6 is 0 Å². The van der Waals surface area contributed by atoms with E-state index in [9.17, 15) is 4.79 Å². The fraction of sp³-hybridized carbons (Fsp3) is 0.240. The number of nitrogens with zero attached hydrogens (tertiary/aromatic N) is 2. The molecule has 1 fully saturated rings. The van der Waals surface area contributed by atoms with E-state index in [2.05, 4.69) is 21.7 Å². The number of carbonyl (C=O) groups excluding carboxylic acids is 1. The second-order valence-electron chi connectivity index (χ2n) is 7.81. The Kier molecular flexibility index (Phi) is 5.98. The number of urea groups is 1. The van der Waals surface area contributed by atoms with E-state index in [0.29, 0.717) is 18.3 Å². The number of aryl methyl sites for hydroxylation is 1. The van der Waals surface area contributed by atoms with Crippen LogP contribution in [0.1, 0.15) is 41.3 Å². The number of aliphatic imine (C=N–C) groups is 1. The fourth-order valence-corrected chi connectivity index (χ4v) is 3.63. The Bertz CT molecular complexity index is 1100. The van der Waals surface area contributed by atoms with Gasteiger partial charge in [-0.25, -0.2) is 4.79 Å². The lowest BCUT2D eigenvalue weighted by Gasteiger charge is -2.15. The predicted molar refractivity (Wildman–Crippen MR) is 125 cm³/mol. The summed E-state index contributed by atoms with van der Waals surface area (Å²) in [7, 11) is 1.69. The topological polar surface area (TPSA) is 92.4 Å². The van der Waals surface area contributed by atoms with Crippen molar-refractivity contribution in [3.05, 3.63) is 83.2 Å². The first-order valence-corrected chi connectivity index (χ1v) is 10.5. The second-order valence-corrected chi connectivity index (χ2v) is 7.81. The molecule has 1 aromatic heterocycles. The number of amides is 2. The van der Waals surface area contributed by atoms with Gasteiger partial charge in [-0.15, -0.1) is 0 Å². The molecule has 2 aromatic carbocycles. The second kappa shape index (κ2) is 9.00. The SMILES string of the molecule is CN=C(N)c1c(-c2ccc(NC(=O)NCc3ccccc3)cc2)cc(C2CC2)nc1C. The molecule has 1 aliphatic carbocycles. The Hall–Kier alpha value is -3.67. The van der Waals surface area contributed by atoms with Gasteiger partial charge in [-0.3, -0.25) is 9.98 Å². The maximum Gasteiger partial charge on any atom is 0.319 e. The molecule has 4 N–H and O–H groups in total. The zero-order valence-electron chi connectivity index (χ0n) is 17.9. The number of carbonyl (C=O) groups is 1. The van der Waals surface area contributed by atoms with Crippen molar-refractivity contribution in [1.82, 2.24) is 10.3 Å². The van der Waals surface area contributed by atoms with Crippen LogP contribution in [0.4, 0.5) is 10.5 Å². The van der Waals surface area contributed by atoms with Crippen molar-refractivity contribution in [2.75, 3.05) is 12.4 Å². The predicted octanol–water partition coefficient (Wildman–Crippen LogP) is 4.59. The van der Waals surface area contributed by atoms with Gasteiger partial charge in [0.2, 0.25) is 0 Å². The summed E-state index contributed by atoms with van der Waals surface area (Å²) in [5.41, 5.74) is 12.9. The van der Waals surface area contributed by atoms with Crippen LogP contribution in [0.15, 0.2) is 65.7 Å². The molecule has 1 aliphatic rings. The number of pyridine rings is 1. The van der Waals surface area contributed by atoms with Gasteiger partial charge in [0.15, 0.2) is 0 Å². The first-order chi connectivity index (χ1) is 15.0. The van der Waals surface area contributed by atoms with Gasteiger partial charge in [0.25, 0.3) is 0 Å². The molecule has 6 heteroatoms. The van der Waals surface area contributed by atoms with E-state index in [1.807, 2.05) is 61.5 Å². The molecular weight excluding hydrogens is 386 g/mol. The Balaban J connectivity index is 1.52. The average Bonchev–Trinajstić information content (AvgIpc) is 3.63. The average molecular weight is 414 g/mol. The minimum atomic E-state index is -0.240. The van der Waals surface area contributed by atoms with Gasteiger partial charge in [0, 0.05) is 42.1 Å². The first-order valence-electron chi connectivity index (χ1n) is 10.5. The van der Waals surface area contributed by atoms with Crippen molar-refractivity contribution < 1.29 is 4.79 Å². The highest BCUT2D eigenvalue weighted by atomic mass is 16.2. The van der Waals surface area contributed by atoms with Crippen LogP contribution < -0.4 is 16.4 Å². The number of amidine groups is 1. The number of nitrogens with one attached hydrogen (secondary N) is 2. The van der Waals surface area contributed by atoms with Crippen molar-refractivity contribution >= 4 is 17.6 Å². The lowest BCUT2D eigenvalue weighted by Crippen LogP contribution is -2.28. The lowest BCUT2D eigenvalue weighted by atomic mass is 9.96. The Morgan fingerprint density at radius 1 is 1.13 bits per heavy atom. The molecule has 3 aromatic rings. The number of rotatable bonds is 6. The third-order valence-corrected chi connectivity index (χ3v) is 5.46. The summed E-state index contributed by atoms with van der Waals surface area (Å²) >= 11 is 0. The monoisotopic (exact) mass is 413 g/mol. The number of hydrogen-bond acceptors (Lipinski definition) is 3. The molecule has 1 saturated carbocycles. The normalized spacial score (nSPS) is 13.7. The summed E-state index contributed by atoms with van der Waals surface area (Å²) in [6, 6.07) is 19.5. The van der Waals surface area contributed by atoms with Crippen molar-refractivity contribution in [3.8, 4) is 11.1 Å². The zero-order valence-corrected chi connectivity index (χ0v) is 17.9. The Morgan fingerprint density at radius 3 is 2.48 bits per heavy atom. The van der Waals surface area contributed by atoms with E-state index in [1.54, 1.807) is 7.05 Å². The third kappa shape index (κ3) is 4.91. The van der Waals surface area contributed by atoms with Crippen molar-refractivity contribution in [3.63, 3.8) is 0 Å². The molecule has 0 aliphatic heterocycles. The van der Waals surface area contributed by atoms with Gasteiger partial charge >= 0.3 is 6.03 Å². The van der Waals surface area contributed by atoms with Crippen LogP contribution in [-0.2, 0) is 6.54 Å². The van der Waals surface area contributed by atoms with Crippen LogP contribution in [0.25, 0.3) is 11.1 Å². The van der Waals surface area contributed by atoms with Crippen LogP contribution in [-0.4, -0.2) is 23.9 Å². The fourth-order valence-electron chi connectivity index (χ4n) is 3.63. The van der Waals surface area contributed by atoms with E-state index in [-0.39, 0.29) is 6.03 Å². The maximum absolute atomic E-state index is 12.2. The maximum atomic E-state index is 12.2. The zero-order chi connectivity index (χ0) is 21.8. The first kappa shape index (κ1) is 20.6. The van der Waals surface area contributed by atoms with Crippen LogP contribution in [0.2, 0.25) is 0 Å². The van der Waals surface area contributed by atoms with E-state index in [4.69, 9.17) is 10.7 Å². The molecular formula is C25H27N5O. The quantitative estimate of drug-likeness (QED) is 0.408. The van der Waals surface area contributed by atoms with Gasteiger partial charge < -0.3 is 16.4 Å². The standard InChI is InChI=1S/C25H27N5O/c1-16-23(24(26)27-2)21(14-22(29-16)19-8-9-19)18-10-12-20(13-11-18)30-25(31)28-15-17-6-4-3-5-7-17/h3-7,10-14,19H,8-9,15H2,1-2H3,(H2,26,27)(H2,28,30,31). The minimum absolute atomic E-state index is 0.240. The smallest absolute Gasteiger partial charge is 0.319 e. The van der Waals surface area contributed by atoms with E-state index >= 15 is 0 Å². The molecule has 0 spiro atoms. The summed E-state index contributed by atoms with van der Waals surface area (Å²) in [5, 5.41) is 5.75. The number of anilines is 1. The van der Waals surface area contributed by atoms with Gasteiger partial charge in [0.1, 0.15) is 5.84 Å². The van der Waals surface area contributed by atoms with Gasteiger partial charge in [-0.05, 0) is 54.7 Å². The lowest BCUT2D eigenvalue weighted by molar-refractivity contribution is 0.251. The molecule has 4 rings (SSSR count). The number of aromatic nitrogens is 1. The molecule has 1 heterocycles. The largest absolute Gasteiger partial charge is 0.383 e. The summed E-state index contributed by atoms with van der Waals surface area (Å²) in [6.07, 6.45) is 2.37. The highest BCUT2D eigenvalue weighted by Crippen LogP contribution is 2.41. The van der Waals surface area contributed by atoms with Crippen LogP contribution in [0.3, 0.4) is 0 Å². The van der Waals surface area contributed by atoms with Gasteiger partial charge in [-0.1, -0.05) is 42.5 Å². The van der Waals surface area contributed by atoms with Gasteiger partial charge in [0.05, 0.1) is 0 Å². The van der Waals surface area contributed by atoms with Crippen molar-refractivity contribution in [2.45, 2.75) is 32.2 Å².